The van der Waals surface area contributed by atoms with Gasteiger partial charge in [0, 0.05) is 26.2 Å². The molecule has 1 heterocycles. The molecule has 3 nitrogen and oxygen atoms in total. The van der Waals surface area contributed by atoms with Crippen molar-refractivity contribution in [1.82, 2.24) is 10.2 Å². The second kappa shape index (κ2) is 6.46. The molecule has 3 heteroatoms. The van der Waals surface area contributed by atoms with Crippen molar-refractivity contribution < 1.29 is 4.74 Å². The monoisotopic (exact) mass is 214 g/mol. The minimum atomic E-state index is 0.0433. The molecule has 1 aliphatic rings. The minimum absolute atomic E-state index is 0.0433. The first-order chi connectivity index (χ1) is 7.14. The highest BCUT2D eigenvalue weighted by molar-refractivity contribution is 4.79. The standard InChI is InChI=1S/C12H26N2O/c1-4-5-6-13-7-8-14-9-10-15-12(2,3)11-14/h13H,4-11H2,1-3H3. The highest BCUT2D eigenvalue weighted by Gasteiger charge is 2.26. The molecule has 90 valence electrons. The van der Waals surface area contributed by atoms with Crippen LogP contribution in [0.2, 0.25) is 0 Å². The lowest BCUT2D eigenvalue weighted by atomic mass is 10.1. The highest BCUT2D eigenvalue weighted by atomic mass is 16.5. The van der Waals surface area contributed by atoms with Crippen molar-refractivity contribution in [2.75, 3.05) is 39.3 Å². The molecule has 1 N–H and O–H groups in total. The van der Waals surface area contributed by atoms with Crippen molar-refractivity contribution in [3.8, 4) is 0 Å². The fourth-order valence-corrected chi connectivity index (χ4v) is 1.97. The number of hydrogen-bond acceptors (Lipinski definition) is 3. The zero-order chi connectivity index (χ0) is 11.1. The number of ether oxygens (including phenoxy) is 1. The van der Waals surface area contributed by atoms with E-state index in [0.29, 0.717) is 0 Å². The van der Waals surface area contributed by atoms with Gasteiger partial charge in [-0.15, -0.1) is 0 Å². The Balaban J connectivity index is 2.05. The Kier molecular flexibility index (Phi) is 5.58. The van der Waals surface area contributed by atoms with Crippen molar-refractivity contribution in [1.29, 1.82) is 0 Å². The van der Waals surface area contributed by atoms with Gasteiger partial charge >= 0.3 is 0 Å². The first-order valence-electron chi connectivity index (χ1n) is 6.21. The summed E-state index contributed by atoms with van der Waals surface area (Å²) in [6.07, 6.45) is 2.56. The lowest BCUT2D eigenvalue weighted by Crippen LogP contribution is -2.49. The van der Waals surface area contributed by atoms with E-state index < -0.39 is 0 Å². The molecule has 0 spiro atoms. The summed E-state index contributed by atoms with van der Waals surface area (Å²) in [7, 11) is 0. The van der Waals surface area contributed by atoms with Crippen LogP contribution < -0.4 is 5.32 Å². The molecule has 1 saturated heterocycles. The molecule has 0 saturated carbocycles. The first-order valence-corrected chi connectivity index (χ1v) is 6.21. The summed E-state index contributed by atoms with van der Waals surface area (Å²) in [5.74, 6) is 0. The SMILES string of the molecule is CCCCNCCN1CCOC(C)(C)C1. The summed E-state index contributed by atoms with van der Waals surface area (Å²) in [6, 6.07) is 0. The largest absolute Gasteiger partial charge is 0.373 e. The van der Waals surface area contributed by atoms with E-state index in [-0.39, 0.29) is 5.60 Å². The van der Waals surface area contributed by atoms with E-state index in [1.165, 1.54) is 12.8 Å². The molecule has 15 heavy (non-hydrogen) atoms. The third-order valence-corrected chi connectivity index (χ3v) is 2.82. The summed E-state index contributed by atoms with van der Waals surface area (Å²) in [5, 5.41) is 3.48. The molecule has 1 aliphatic heterocycles. The molecule has 0 atom stereocenters. The van der Waals surface area contributed by atoms with Crippen molar-refractivity contribution in [2.45, 2.75) is 39.2 Å². The zero-order valence-electron chi connectivity index (χ0n) is 10.5. The van der Waals surface area contributed by atoms with E-state index >= 15 is 0 Å². The number of morpholine rings is 1. The van der Waals surface area contributed by atoms with E-state index in [2.05, 4.69) is 31.0 Å². The van der Waals surface area contributed by atoms with E-state index in [4.69, 9.17) is 4.74 Å². The van der Waals surface area contributed by atoms with Gasteiger partial charge in [0.2, 0.25) is 0 Å². The van der Waals surface area contributed by atoms with E-state index in [0.717, 1.165) is 39.3 Å². The van der Waals surface area contributed by atoms with Crippen LogP contribution in [0.25, 0.3) is 0 Å². The number of nitrogens with zero attached hydrogens (tertiary/aromatic N) is 1. The molecule has 0 radical (unpaired) electrons. The van der Waals surface area contributed by atoms with Gasteiger partial charge in [0.05, 0.1) is 12.2 Å². The molecule has 0 bridgehead atoms. The van der Waals surface area contributed by atoms with Gasteiger partial charge < -0.3 is 10.1 Å². The Bertz CT molecular complexity index is 171. The third kappa shape index (κ3) is 5.50. The lowest BCUT2D eigenvalue weighted by Gasteiger charge is -2.38. The van der Waals surface area contributed by atoms with Crippen molar-refractivity contribution in [3.05, 3.63) is 0 Å². The molecule has 0 aromatic carbocycles. The van der Waals surface area contributed by atoms with Crippen LogP contribution in [0, 0.1) is 0 Å². The van der Waals surface area contributed by atoms with E-state index in [9.17, 15) is 0 Å². The summed E-state index contributed by atoms with van der Waals surface area (Å²) in [5.41, 5.74) is 0.0433. The maximum absolute atomic E-state index is 5.68. The Hall–Kier alpha value is -0.120. The zero-order valence-corrected chi connectivity index (χ0v) is 10.5. The molecular weight excluding hydrogens is 188 g/mol. The third-order valence-electron chi connectivity index (χ3n) is 2.82. The predicted octanol–water partition coefficient (Wildman–Crippen LogP) is 1.49. The molecule has 0 amide bonds. The van der Waals surface area contributed by atoms with E-state index in [1.807, 2.05) is 0 Å². The van der Waals surface area contributed by atoms with Crippen molar-refractivity contribution >= 4 is 0 Å². The predicted molar refractivity (Wildman–Crippen MR) is 64.2 cm³/mol. The number of hydrogen-bond donors (Lipinski definition) is 1. The van der Waals surface area contributed by atoms with Crippen molar-refractivity contribution in [3.63, 3.8) is 0 Å². The number of nitrogens with one attached hydrogen (secondary N) is 1. The number of unbranched alkanes of at least 4 members (excludes halogenated alkanes) is 1. The summed E-state index contributed by atoms with van der Waals surface area (Å²) in [4.78, 5) is 2.49. The Morgan fingerprint density at radius 3 is 2.80 bits per heavy atom. The second-order valence-electron chi connectivity index (χ2n) is 4.99. The molecule has 0 aromatic heterocycles. The number of rotatable bonds is 6. The second-order valence-corrected chi connectivity index (χ2v) is 4.99. The summed E-state index contributed by atoms with van der Waals surface area (Å²) < 4.78 is 5.68. The van der Waals surface area contributed by atoms with Crippen LogP contribution in [0.3, 0.4) is 0 Å². The average Bonchev–Trinajstić information content (AvgIpc) is 2.16. The van der Waals surface area contributed by atoms with Crippen LogP contribution >= 0.6 is 0 Å². The van der Waals surface area contributed by atoms with Crippen LogP contribution in [0.15, 0.2) is 0 Å². The molecule has 0 unspecified atom stereocenters. The van der Waals surface area contributed by atoms with Crippen LogP contribution in [0.5, 0.6) is 0 Å². The minimum Gasteiger partial charge on any atom is -0.373 e. The van der Waals surface area contributed by atoms with Crippen molar-refractivity contribution in [2.24, 2.45) is 0 Å². The van der Waals surface area contributed by atoms with Gasteiger partial charge in [-0.1, -0.05) is 13.3 Å². The topological polar surface area (TPSA) is 24.5 Å². The van der Waals surface area contributed by atoms with Gasteiger partial charge in [-0.05, 0) is 26.8 Å². The molecule has 1 rings (SSSR count). The van der Waals surface area contributed by atoms with Gasteiger partial charge in [0.1, 0.15) is 0 Å². The highest BCUT2D eigenvalue weighted by Crippen LogP contribution is 2.15. The Morgan fingerprint density at radius 2 is 2.13 bits per heavy atom. The molecule has 0 aromatic rings. The van der Waals surface area contributed by atoms with Gasteiger partial charge in [-0.2, -0.15) is 0 Å². The molecule has 0 aliphatic carbocycles. The van der Waals surface area contributed by atoms with Gasteiger partial charge in [0.25, 0.3) is 0 Å². The smallest absolute Gasteiger partial charge is 0.0753 e. The van der Waals surface area contributed by atoms with Crippen LogP contribution in [0.1, 0.15) is 33.6 Å². The average molecular weight is 214 g/mol. The summed E-state index contributed by atoms with van der Waals surface area (Å²) >= 11 is 0. The fourth-order valence-electron chi connectivity index (χ4n) is 1.97. The fraction of sp³-hybridized carbons (Fsp3) is 1.00. The summed E-state index contributed by atoms with van der Waals surface area (Å²) in [6.45, 7) is 13.0. The quantitative estimate of drug-likeness (QED) is 0.678. The normalized spacial score (nSPS) is 21.8. The molecular formula is C12H26N2O. The maximum atomic E-state index is 5.68. The first kappa shape index (κ1) is 12.9. The van der Waals surface area contributed by atoms with Gasteiger partial charge in [0.15, 0.2) is 0 Å². The van der Waals surface area contributed by atoms with E-state index in [1.54, 1.807) is 0 Å². The van der Waals surface area contributed by atoms with Gasteiger partial charge in [-0.25, -0.2) is 0 Å². The van der Waals surface area contributed by atoms with Crippen LogP contribution in [-0.4, -0.2) is 49.8 Å². The Labute approximate surface area is 94.2 Å². The lowest BCUT2D eigenvalue weighted by molar-refractivity contribution is -0.0854. The van der Waals surface area contributed by atoms with Crippen LogP contribution in [0.4, 0.5) is 0 Å². The maximum Gasteiger partial charge on any atom is 0.0753 e. The van der Waals surface area contributed by atoms with Crippen LogP contribution in [-0.2, 0) is 4.74 Å². The van der Waals surface area contributed by atoms with Gasteiger partial charge in [-0.3, -0.25) is 4.90 Å². The molecule has 1 fully saturated rings. The Morgan fingerprint density at radius 1 is 1.33 bits per heavy atom.